The highest BCUT2D eigenvalue weighted by molar-refractivity contribution is 5.69. The summed E-state index contributed by atoms with van der Waals surface area (Å²) in [5.41, 5.74) is 0. The highest BCUT2D eigenvalue weighted by atomic mass is 16.5. The molecular weight excluding hydrogens is 320 g/mol. The van der Waals surface area contributed by atoms with Crippen LogP contribution in [0.3, 0.4) is 0 Å². The van der Waals surface area contributed by atoms with Crippen LogP contribution in [0.1, 0.15) is 72.1 Å². The predicted molar refractivity (Wildman–Crippen MR) is 101 cm³/mol. The molecule has 0 saturated carbocycles. The third-order valence-electron chi connectivity index (χ3n) is 4.08. The number of hydrogen-bond donors (Lipinski definition) is 0. The highest BCUT2D eigenvalue weighted by Gasteiger charge is 2.09. The van der Waals surface area contributed by atoms with Gasteiger partial charge in [-0.3, -0.25) is 4.79 Å². The lowest BCUT2D eigenvalue weighted by Gasteiger charge is -2.14. The van der Waals surface area contributed by atoms with Crippen LogP contribution in [0.2, 0.25) is 0 Å². The van der Waals surface area contributed by atoms with E-state index in [1.165, 1.54) is 12.8 Å². The molecule has 5 nitrogen and oxygen atoms in total. The molecule has 1 atom stereocenters. The summed E-state index contributed by atoms with van der Waals surface area (Å²) in [5, 5.41) is 0. The molecule has 0 heterocycles. The van der Waals surface area contributed by atoms with Gasteiger partial charge in [-0.1, -0.05) is 46.5 Å². The van der Waals surface area contributed by atoms with E-state index in [-0.39, 0.29) is 5.97 Å². The van der Waals surface area contributed by atoms with Gasteiger partial charge in [0.15, 0.2) is 0 Å². The number of ether oxygens (including phenoxy) is 4. The minimum Gasteiger partial charge on any atom is -0.465 e. The molecule has 0 bridgehead atoms. The molecule has 0 spiro atoms. The largest absolute Gasteiger partial charge is 0.465 e. The van der Waals surface area contributed by atoms with Crippen molar-refractivity contribution >= 4 is 5.97 Å². The van der Waals surface area contributed by atoms with Crippen LogP contribution >= 0.6 is 0 Å². The van der Waals surface area contributed by atoms with Crippen LogP contribution in [0.15, 0.2) is 0 Å². The summed E-state index contributed by atoms with van der Waals surface area (Å²) in [7, 11) is 0. The van der Waals surface area contributed by atoms with Gasteiger partial charge in [-0.2, -0.15) is 0 Å². The molecule has 0 fully saturated rings. The van der Waals surface area contributed by atoms with Crippen molar-refractivity contribution in [3.8, 4) is 0 Å². The van der Waals surface area contributed by atoms with Crippen molar-refractivity contribution in [1.82, 2.24) is 0 Å². The monoisotopic (exact) mass is 360 g/mol. The number of carbonyl (C=O) groups is 1. The molecular formula is C20H40O5. The lowest BCUT2D eigenvalue weighted by atomic mass is 10.0. The first kappa shape index (κ1) is 24.4. The Labute approximate surface area is 154 Å². The van der Waals surface area contributed by atoms with E-state index in [0.29, 0.717) is 58.4 Å². The fourth-order valence-electron chi connectivity index (χ4n) is 2.29. The van der Waals surface area contributed by atoms with E-state index in [2.05, 4.69) is 20.8 Å². The van der Waals surface area contributed by atoms with E-state index in [1.807, 2.05) is 0 Å². The van der Waals surface area contributed by atoms with E-state index in [9.17, 15) is 4.79 Å². The van der Waals surface area contributed by atoms with Crippen LogP contribution in [0.4, 0.5) is 0 Å². The minimum absolute atomic E-state index is 0.112. The average Bonchev–Trinajstić information content (AvgIpc) is 2.62. The SMILES string of the molecule is CCCCOCCOCCOCCCC(=O)OCC(CC)CCCC. The number of carbonyl (C=O) groups excluding carboxylic acids is 1. The van der Waals surface area contributed by atoms with Crippen LogP contribution in [-0.2, 0) is 23.7 Å². The van der Waals surface area contributed by atoms with Gasteiger partial charge < -0.3 is 18.9 Å². The zero-order valence-electron chi connectivity index (χ0n) is 16.7. The van der Waals surface area contributed by atoms with Crippen molar-refractivity contribution in [3.63, 3.8) is 0 Å². The Kier molecular flexibility index (Phi) is 19.2. The van der Waals surface area contributed by atoms with Crippen molar-refractivity contribution < 1.29 is 23.7 Å². The average molecular weight is 361 g/mol. The third kappa shape index (κ3) is 18.0. The minimum atomic E-state index is -0.112. The zero-order valence-corrected chi connectivity index (χ0v) is 16.7. The first-order valence-corrected chi connectivity index (χ1v) is 10.1. The van der Waals surface area contributed by atoms with Crippen LogP contribution in [-0.4, -0.2) is 52.2 Å². The predicted octanol–water partition coefficient (Wildman–Crippen LogP) is 4.38. The summed E-state index contributed by atoms with van der Waals surface area (Å²) in [6.45, 7) is 10.8. The molecule has 0 aromatic rings. The van der Waals surface area contributed by atoms with E-state index in [0.717, 1.165) is 32.3 Å². The van der Waals surface area contributed by atoms with Gasteiger partial charge in [0.25, 0.3) is 0 Å². The van der Waals surface area contributed by atoms with Crippen LogP contribution in [0, 0.1) is 5.92 Å². The topological polar surface area (TPSA) is 54.0 Å². The van der Waals surface area contributed by atoms with Crippen LogP contribution in [0.25, 0.3) is 0 Å². The Balaban J connectivity index is 3.31. The first-order chi connectivity index (χ1) is 12.2. The summed E-state index contributed by atoms with van der Waals surface area (Å²) in [5.74, 6) is 0.391. The van der Waals surface area contributed by atoms with Crippen LogP contribution in [0.5, 0.6) is 0 Å². The summed E-state index contributed by atoms with van der Waals surface area (Å²) >= 11 is 0. The van der Waals surface area contributed by atoms with Gasteiger partial charge in [0, 0.05) is 19.6 Å². The highest BCUT2D eigenvalue weighted by Crippen LogP contribution is 2.13. The van der Waals surface area contributed by atoms with Crippen molar-refractivity contribution in [2.24, 2.45) is 5.92 Å². The third-order valence-corrected chi connectivity index (χ3v) is 4.08. The molecule has 1 unspecified atom stereocenters. The number of esters is 1. The molecule has 0 aromatic carbocycles. The number of hydrogen-bond acceptors (Lipinski definition) is 5. The Hall–Kier alpha value is -0.650. The van der Waals surface area contributed by atoms with Crippen LogP contribution < -0.4 is 0 Å². The smallest absolute Gasteiger partial charge is 0.305 e. The molecule has 0 aliphatic heterocycles. The fraction of sp³-hybridized carbons (Fsp3) is 0.950. The molecule has 0 aromatic heterocycles. The number of rotatable bonds is 19. The quantitative estimate of drug-likeness (QED) is 0.253. The molecule has 25 heavy (non-hydrogen) atoms. The molecule has 150 valence electrons. The second-order valence-corrected chi connectivity index (χ2v) is 6.39. The Morgan fingerprint density at radius 1 is 0.760 bits per heavy atom. The Bertz CT molecular complexity index is 283. The lowest BCUT2D eigenvalue weighted by molar-refractivity contribution is -0.145. The summed E-state index contributed by atoms with van der Waals surface area (Å²) in [4.78, 5) is 11.7. The fourth-order valence-corrected chi connectivity index (χ4v) is 2.29. The summed E-state index contributed by atoms with van der Waals surface area (Å²) in [6, 6.07) is 0. The normalized spacial score (nSPS) is 12.3. The second-order valence-electron chi connectivity index (χ2n) is 6.39. The molecule has 0 N–H and O–H groups in total. The van der Waals surface area contributed by atoms with E-state index >= 15 is 0 Å². The second kappa shape index (κ2) is 19.7. The van der Waals surface area contributed by atoms with Gasteiger partial charge in [0.05, 0.1) is 33.0 Å². The lowest BCUT2D eigenvalue weighted by Crippen LogP contribution is -2.14. The van der Waals surface area contributed by atoms with Gasteiger partial charge in [-0.05, 0) is 25.2 Å². The van der Waals surface area contributed by atoms with Gasteiger partial charge in [-0.25, -0.2) is 0 Å². The molecule has 0 amide bonds. The zero-order chi connectivity index (χ0) is 18.6. The van der Waals surface area contributed by atoms with Crippen molar-refractivity contribution in [2.45, 2.75) is 72.1 Å². The van der Waals surface area contributed by atoms with Gasteiger partial charge >= 0.3 is 5.97 Å². The van der Waals surface area contributed by atoms with Crippen molar-refractivity contribution in [1.29, 1.82) is 0 Å². The van der Waals surface area contributed by atoms with Crippen molar-refractivity contribution in [2.75, 3.05) is 46.2 Å². The molecule has 0 aliphatic rings. The van der Waals surface area contributed by atoms with Crippen molar-refractivity contribution in [3.05, 3.63) is 0 Å². The summed E-state index contributed by atoms with van der Waals surface area (Å²) in [6.07, 6.45) is 7.99. The molecule has 0 aliphatic carbocycles. The molecule has 0 radical (unpaired) electrons. The first-order valence-electron chi connectivity index (χ1n) is 10.1. The maximum atomic E-state index is 11.7. The maximum Gasteiger partial charge on any atom is 0.305 e. The molecule has 0 rings (SSSR count). The Morgan fingerprint density at radius 3 is 1.88 bits per heavy atom. The van der Waals surface area contributed by atoms with E-state index in [1.54, 1.807) is 0 Å². The Morgan fingerprint density at radius 2 is 1.32 bits per heavy atom. The summed E-state index contributed by atoms with van der Waals surface area (Å²) < 4.78 is 21.6. The van der Waals surface area contributed by atoms with Gasteiger partial charge in [0.1, 0.15) is 0 Å². The maximum absolute atomic E-state index is 11.7. The molecule has 0 saturated heterocycles. The number of unbranched alkanes of at least 4 members (excludes halogenated alkanes) is 2. The van der Waals surface area contributed by atoms with E-state index < -0.39 is 0 Å². The van der Waals surface area contributed by atoms with Gasteiger partial charge in [0.2, 0.25) is 0 Å². The van der Waals surface area contributed by atoms with Gasteiger partial charge in [-0.15, -0.1) is 0 Å². The standard InChI is InChI=1S/C20H40O5/c1-4-7-10-19(6-3)18-25-20(21)11-9-13-23-15-17-24-16-14-22-12-8-5-2/h19H,4-18H2,1-3H3. The van der Waals surface area contributed by atoms with E-state index in [4.69, 9.17) is 18.9 Å². The molecule has 5 heteroatoms.